The molecule has 0 aliphatic carbocycles. The summed E-state index contributed by atoms with van der Waals surface area (Å²) in [5.74, 6) is -1.08. The highest BCUT2D eigenvalue weighted by molar-refractivity contribution is 5.59. The topological polar surface area (TPSA) is 0 Å². The number of unbranched alkanes of at least 4 members (excludes halogenated alkanes) is 5. The second-order valence-corrected chi connectivity index (χ2v) is 10.4. The lowest BCUT2D eigenvalue weighted by molar-refractivity contribution is -0.139. The Morgan fingerprint density at radius 1 is 0.463 bits per heavy atom. The predicted molar refractivity (Wildman–Crippen MR) is 141 cm³/mol. The van der Waals surface area contributed by atoms with E-state index < -0.39 is 63.2 Å². The van der Waals surface area contributed by atoms with Crippen LogP contribution in [0.4, 0.5) is 39.5 Å². The summed E-state index contributed by atoms with van der Waals surface area (Å²) in [6, 6.07) is 12.1. The Morgan fingerprint density at radius 3 is 1.07 bits per heavy atom. The number of hydrogen-bond acceptors (Lipinski definition) is 0. The van der Waals surface area contributed by atoms with E-state index in [9.17, 15) is 39.5 Å². The van der Waals surface area contributed by atoms with Crippen molar-refractivity contribution in [2.24, 2.45) is 5.92 Å². The van der Waals surface area contributed by atoms with Crippen LogP contribution in [0.1, 0.15) is 92.2 Å². The van der Waals surface area contributed by atoms with E-state index in [0.29, 0.717) is 31.0 Å². The van der Waals surface area contributed by atoms with Crippen LogP contribution in [0.2, 0.25) is 0 Å². The smallest absolute Gasteiger partial charge is 0.166 e. The van der Waals surface area contributed by atoms with Crippen LogP contribution in [-0.4, -0.2) is 0 Å². The van der Waals surface area contributed by atoms with Crippen LogP contribution < -0.4 is 0 Å². The molecule has 3 aromatic carbocycles. The molecule has 0 fully saturated rings. The van der Waals surface area contributed by atoms with Crippen molar-refractivity contribution in [3.05, 3.63) is 106 Å². The van der Waals surface area contributed by atoms with Gasteiger partial charge < -0.3 is 0 Å². The van der Waals surface area contributed by atoms with Gasteiger partial charge in [-0.25, -0.2) is 0 Å². The average molecular weight is 589 g/mol. The van der Waals surface area contributed by atoms with E-state index in [1.165, 1.54) is 25.1 Å². The number of benzene rings is 3. The van der Waals surface area contributed by atoms with Crippen LogP contribution in [0.5, 0.6) is 0 Å². The molecule has 1 unspecified atom stereocenters. The molecule has 0 radical (unpaired) electrons. The van der Waals surface area contributed by atoms with Gasteiger partial charge in [-0.1, -0.05) is 107 Å². The lowest BCUT2D eigenvalue weighted by Crippen LogP contribution is -2.41. The molecule has 0 saturated carbocycles. The summed E-state index contributed by atoms with van der Waals surface area (Å²) < 4.78 is 131. The summed E-state index contributed by atoms with van der Waals surface area (Å²) in [5.41, 5.74) is -8.18. The third-order valence-electron chi connectivity index (χ3n) is 7.70. The Balaban J connectivity index is 2.48. The van der Waals surface area contributed by atoms with E-state index in [1.807, 2.05) is 6.92 Å². The summed E-state index contributed by atoms with van der Waals surface area (Å²) in [4.78, 5) is 0. The van der Waals surface area contributed by atoms with Crippen molar-refractivity contribution in [3.8, 4) is 0 Å². The van der Waals surface area contributed by atoms with Crippen molar-refractivity contribution in [1.82, 2.24) is 0 Å². The molecule has 0 aromatic heterocycles. The van der Waals surface area contributed by atoms with Crippen LogP contribution in [-0.2, 0) is 23.9 Å². The summed E-state index contributed by atoms with van der Waals surface area (Å²) in [6.07, 6.45) is -10.2. The fourth-order valence-corrected chi connectivity index (χ4v) is 5.90. The monoisotopic (exact) mass is 588 g/mol. The average Bonchev–Trinajstić information content (AvgIpc) is 2.90. The Kier molecular flexibility index (Phi) is 10.2. The molecule has 9 heteroatoms. The molecule has 41 heavy (non-hydrogen) atoms. The van der Waals surface area contributed by atoms with E-state index in [1.54, 1.807) is 0 Å². The first-order valence-corrected chi connectivity index (χ1v) is 13.7. The van der Waals surface area contributed by atoms with Gasteiger partial charge >= 0.3 is 18.5 Å². The lowest BCUT2D eigenvalue weighted by atomic mass is 9.58. The van der Waals surface area contributed by atoms with Crippen molar-refractivity contribution in [2.45, 2.75) is 82.7 Å². The van der Waals surface area contributed by atoms with Gasteiger partial charge in [0.15, 0.2) is 0 Å². The zero-order valence-corrected chi connectivity index (χ0v) is 22.9. The molecule has 0 bridgehead atoms. The molecule has 0 nitrogen and oxygen atoms in total. The van der Waals surface area contributed by atoms with Crippen molar-refractivity contribution in [1.29, 1.82) is 0 Å². The van der Waals surface area contributed by atoms with Gasteiger partial charge in [-0.2, -0.15) is 39.5 Å². The molecule has 3 aromatic rings. The molecule has 224 valence electrons. The number of alkyl halides is 9. The molecule has 0 heterocycles. The first-order chi connectivity index (χ1) is 19.2. The standard InChI is InChI=1S/C32H33F9/c1-3-4-5-6-7-8-15-22(2)29(23-16-9-12-19-26(23)30(33,34)35,24-17-10-13-20-27(24)31(36,37)38)25-18-11-14-21-28(25)32(39,40)41/h9-14,16-22H,3-8,15H2,1-2H3. The Hall–Kier alpha value is -2.97. The zero-order chi connectivity index (χ0) is 30.5. The van der Waals surface area contributed by atoms with Crippen LogP contribution in [0.3, 0.4) is 0 Å². The first-order valence-electron chi connectivity index (χ1n) is 13.7. The number of halogens is 9. The molecule has 3 rings (SSSR count). The molecule has 0 amide bonds. The van der Waals surface area contributed by atoms with Crippen molar-refractivity contribution < 1.29 is 39.5 Å². The van der Waals surface area contributed by atoms with Gasteiger partial charge in [-0.15, -0.1) is 0 Å². The molecular formula is C32H33F9. The summed E-state index contributed by atoms with van der Waals surface area (Å²) in [6.45, 7) is 3.49. The molecule has 0 aliphatic rings. The van der Waals surface area contributed by atoms with Gasteiger partial charge in [0.05, 0.1) is 16.7 Å². The van der Waals surface area contributed by atoms with Gasteiger partial charge in [0, 0.05) is 5.41 Å². The molecule has 0 N–H and O–H groups in total. The third kappa shape index (κ3) is 7.09. The summed E-state index contributed by atoms with van der Waals surface area (Å²) in [7, 11) is 0. The summed E-state index contributed by atoms with van der Waals surface area (Å²) >= 11 is 0. The Bertz CT molecular complexity index is 1130. The minimum absolute atomic E-state index is 0.108. The van der Waals surface area contributed by atoms with Crippen molar-refractivity contribution in [2.75, 3.05) is 0 Å². The second-order valence-electron chi connectivity index (χ2n) is 10.4. The fraction of sp³-hybridized carbons (Fsp3) is 0.438. The molecule has 1 atom stereocenters. The molecule has 0 spiro atoms. The van der Waals surface area contributed by atoms with Crippen molar-refractivity contribution in [3.63, 3.8) is 0 Å². The van der Waals surface area contributed by atoms with Crippen LogP contribution in [0, 0.1) is 5.92 Å². The molecule has 0 aliphatic heterocycles. The summed E-state index contributed by atoms with van der Waals surface area (Å²) in [5, 5.41) is 0. The fourth-order valence-electron chi connectivity index (χ4n) is 5.90. The maximum Gasteiger partial charge on any atom is 0.416 e. The van der Waals surface area contributed by atoms with Gasteiger partial charge in [0.25, 0.3) is 0 Å². The van der Waals surface area contributed by atoms with E-state index in [-0.39, 0.29) is 6.42 Å². The zero-order valence-electron chi connectivity index (χ0n) is 22.9. The minimum atomic E-state index is -5.04. The van der Waals surface area contributed by atoms with E-state index in [0.717, 1.165) is 62.1 Å². The quantitative estimate of drug-likeness (QED) is 0.119. The van der Waals surface area contributed by atoms with Crippen LogP contribution in [0.15, 0.2) is 72.8 Å². The van der Waals surface area contributed by atoms with Gasteiger partial charge in [0.2, 0.25) is 0 Å². The van der Waals surface area contributed by atoms with Crippen molar-refractivity contribution >= 4 is 0 Å². The van der Waals surface area contributed by atoms with Gasteiger partial charge in [-0.3, -0.25) is 0 Å². The second kappa shape index (κ2) is 12.9. The minimum Gasteiger partial charge on any atom is -0.166 e. The Labute approximate surface area is 234 Å². The predicted octanol–water partition coefficient (Wildman–Crippen LogP) is 11.5. The van der Waals surface area contributed by atoms with Gasteiger partial charge in [0.1, 0.15) is 0 Å². The molecular weight excluding hydrogens is 555 g/mol. The van der Waals surface area contributed by atoms with E-state index in [4.69, 9.17) is 0 Å². The maximum absolute atomic E-state index is 14.5. The lowest BCUT2D eigenvalue weighted by Gasteiger charge is -2.45. The van der Waals surface area contributed by atoms with Crippen LogP contribution in [0.25, 0.3) is 0 Å². The van der Waals surface area contributed by atoms with Crippen LogP contribution >= 0.6 is 0 Å². The maximum atomic E-state index is 14.5. The number of rotatable bonds is 11. The first kappa shape index (κ1) is 32.5. The normalized spacial score (nSPS) is 13.8. The van der Waals surface area contributed by atoms with Gasteiger partial charge in [-0.05, 0) is 47.2 Å². The highest BCUT2D eigenvalue weighted by Crippen LogP contribution is 2.55. The third-order valence-corrected chi connectivity index (χ3v) is 7.70. The highest BCUT2D eigenvalue weighted by atomic mass is 19.4. The highest BCUT2D eigenvalue weighted by Gasteiger charge is 2.53. The largest absolute Gasteiger partial charge is 0.416 e. The van der Waals surface area contributed by atoms with E-state index in [2.05, 4.69) is 0 Å². The van der Waals surface area contributed by atoms with E-state index >= 15 is 0 Å². The number of hydrogen-bond donors (Lipinski definition) is 0. The molecule has 0 saturated heterocycles. The SMILES string of the molecule is CCCCCCCCC(C)C(c1ccccc1C(F)(F)F)(c1ccccc1C(F)(F)F)c1ccccc1C(F)(F)F. The Morgan fingerprint density at radius 2 is 0.756 bits per heavy atom.